The lowest BCUT2D eigenvalue weighted by atomic mass is 9.98. The van der Waals surface area contributed by atoms with Crippen LogP contribution in [0.4, 0.5) is 0 Å². The molecule has 3 heterocycles. The molecule has 3 saturated heterocycles. The van der Waals surface area contributed by atoms with Gasteiger partial charge in [0.25, 0.3) is 0 Å². The first kappa shape index (κ1) is 30.9. The Labute approximate surface area is 240 Å². The van der Waals surface area contributed by atoms with Gasteiger partial charge in [0.1, 0.15) is 19.4 Å². The van der Waals surface area contributed by atoms with Crippen molar-refractivity contribution in [1.82, 2.24) is 4.90 Å². The largest absolute Gasteiger partial charge is 0.463 e. The molecule has 0 spiro atoms. The highest BCUT2D eigenvalue weighted by Gasteiger charge is 2.52. The molecule has 3 aliphatic heterocycles. The summed E-state index contributed by atoms with van der Waals surface area (Å²) in [6.45, 7) is 11.9. The molecule has 12 nitrogen and oxygen atoms in total. The van der Waals surface area contributed by atoms with E-state index in [2.05, 4.69) is 29.2 Å². The molecule has 0 aromatic heterocycles. The van der Waals surface area contributed by atoms with Gasteiger partial charge in [-0.1, -0.05) is 24.3 Å². The second kappa shape index (κ2) is 13.7. The molecule has 0 N–H and O–H groups in total. The van der Waals surface area contributed by atoms with Crippen molar-refractivity contribution in [3.8, 4) is 0 Å². The van der Waals surface area contributed by atoms with Gasteiger partial charge < -0.3 is 32.9 Å². The lowest BCUT2D eigenvalue weighted by Crippen LogP contribution is -2.63. The Kier molecular flexibility index (Phi) is 10.3. The van der Waals surface area contributed by atoms with Crippen LogP contribution in [-0.4, -0.2) is 117 Å². The topological polar surface area (TPSA) is 127 Å². The van der Waals surface area contributed by atoms with Gasteiger partial charge in [0, 0.05) is 34.1 Å². The number of piperazine rings is 1. The van der Waals surface area contributed by atoms with Crippen LogP contribution in [0.3, 0.4) is 0 Å². The van der Waals surface area contributed by atoms with Crippen molar-refractivity contribution in [1.29, 1.82) is 0 Å². The fourth-order valence-electron chi connectivity index (χ4n) is 5.79. The molecule has 5 atom stereocenters. The van der Waals surface area contributed by atoms with Crippen LogP contribution >= 0.6 is 0 Å². The fraction of sp³-hybridized carbons (Fsp3) is 0.655. The van der Waals surface area contributed by atoms with E-state index < -0.39 is 54.6 Å². The summed E-state index contributed by atoms with van der Waals surface area (Å²) in [6, 6.07) is 8.44. The summed E-state index contributed by atoms with van der Waals surface area (Å²) in [6.07, 6.45) is -4.31. The Morgan fingerprint density at radius 2 is 1.37 bits per heavy atom. The van der Waals surface area contributed by atoms with E-state index in [1.54, 1.807) is 0 Å². The van der Waals surface area contributed by atoms with Crippen molar-refractivity contribution in [3.63, 3.8) is 0 Å². The average molecular weight is 578 g/mol. The summed E-state index contributed by atoms with van der Waals surface area (Å²) in [4.78, 5) is 49.8. The smallest absolute Gasteiger partial charge is 0.303 e. The molecule has 4 rings (SSSR count). The number of ether oxygens (including phenoxy) is 6. The number of fused-ring (bicyclic) bond motifs is 2. The molecule has 1 aromatic rings. The highest BCUT2D eigenvalue weighted by molar-refractivity contribution is 5.68. The molecule has 0 amide bonds. The highest BCUT2D eigenvalue weighted by atomic mass is 16.7. The molecule has 3 fully saturated rings. The SMILES string of the molecule is CC(=O)OC[C@H]1O[C@@H](OCCc2ccc(CC[N+]34CCN(CC3)C4)cc2)[C@H](OC(C)=O)[C@@H](OC(C)=O)[C@@H]1OC(C)=O. The van der Waals surface area contributed by atoms with E-state index in [4.69, 9.17) is 28.4 Å². The van der Waals surface area contributed by atoms with Crippen LogP contribution in [0.2, 0.25) is 0 Å². The maximum Gasteiger partial charge on any atom is 0.303 e. The number of esters is 4. The number of carbonyl (C=O) groups excluding carboxylic acids is 4. The normalized spacial score (nSPS) is 30.4. The number of carbonyl (C=O) groups is 4. The minimum Gasteiger partial charge on any atom is -0.463 e. The summed E-state index contributed by atoms with van der Waals surface area (Å²) in [7, 11) is 0. The number of nitrogens with zero attached hydrogens (tertiary/aromatic N) is 2. The van der Waals surface area contributed by atoms with Gasteiger partial charge in [0.15, 0.2) is 24.6 Å². The molecular weight excluding hydrogens is 536 g/mol. The summed E-state index contributed by atoms with van der Waals surface area (Å²) in [5.41, 5.74) is 2.35. The molecule has 0 aliphatic carbocycles. The minimum absolute atomic E-state index is 0.197. The summed E-state index contributed by atoms with van der Waals surface area (Å²) >= 11 is 0. The van der Waals surface area contributed by atoms with Gasteiger partial charge in [-0.25, -0.2) is 4.90 Å². The lowest BCUT2D eigenvalue weighted by Gasteiger charge is -2.44. The van der Waals surface area contributed by atoms with Gasteiger partial charge in [-0.15, -0.1) is 0 Å². The van der Waals surface area contributed by atoms with Gasteiger partial charge in [0.2, 0.25) is 0 Å². The van der Waals surface area contributed by atoms with E-state index in [1.807, 2.05) is 0 Å². The Morgan fingerprint density at radius 1 is 0.805 bits per heavy atom. The molecule has 0 unspecified atom stereocenters. The van der Waals surface area contributed by atoms with Crippen LogP contribution in [0, 0.1) is 0 Å². The Balaban J connectivity index is 1.40. The number of rotatable bonds is 12. The van der Waals surface area contributed by atoms with Crippen LogP contribution in [0.5, 0.6) is 0 Å². The second-order valence-corrected chi connectivity index (χ2v) is 11.0. The first-order chi connectivity index (χ1) is 19.5. The molecule has 0 saturated carbocycles. The third-order valence-corrected chi connectivity index (χ3v) is 7.80. The van der Waals surface area contributed by atoms with Gasteiger partial charge in [0.05, 0.1) is 39.3 Å². The Hall–Kier alpha value is -3.06. The highest BCUT2D eigenvalue weighted by Crippen LogP contribution is 2.30. The van der Waals surface area contributed by atoms with E-state index in [9.17, 15) is 19.2 Å². The molecule has 1 aromatic carbocycles. The van der Waals surface area contributed by atoms with Gasteiger partial charge in [-0.2, -0.15) is 0 Å². The monoisotopic (exact) mass is 577 g/mol. The third-order valence-electron chi connectivity index (χ3n) is 7.80. The van der Waals surface area contributed by atoms with Crippen molar-refractivity contribution in [3.05, 3.63) is 35.4 Å². The van der Waals surface area contributed by atoms with Crippen LogP contribution in [0.1, 0.15) is 38.8 Å². The van der Waals surface area contributed by atoms with E-state index in [1.165, 1.54) is 70.6 Å². The molecule has 3 aliphatic rings. The van der Waals surface area contributed by atoms with E-state index in [-0.39, 0.29) is 13.2 Å². The molecular formula is C29H41N2O10+. The van der Waals surface area contributed by atoms with Crippen LogP contribution in [0.25, 0.3) is 0 Å². The van der Waals surface area contributed by atoms with Crippen molar-refractivity contribution < 1.29 is 52.1 Å². The molecule has 12 heteroatoms. The minimum atomic E-state index is -1.25. The standard InChI is InChI=1S/C29H41N2O10/c1-19(32)37-17-25-26(38-20(2)33)27(39-21(3)34)28(40-22(4)35)29(41-25)36-16-10-24-7-5-23(6-8-24)9-13-31-14-11-30(18-31)12-15-31/h5-8,25-29H,9-18H2,1-4H3/q+1/t25-,26-,27+,28-,29-/m1/s1. The average Bonchev–Trinajstić information content (AvgIpc) is 3.51. The first-order valence-corrected chi connectivity index (χ1v) is 14.1. The quantitative estimate of drug-likeness (QED) is 0.200. The lowest BCUT2D eigenvalue weighted by molar-refractivity contribution is -0.908. The maximum atomic E-state index is 12.0. The third kappa shape index (κ3) is 8.48. The van der Waals surface area contributed by atoms with E-state index >= 15 is 0 Å². The number of benzene rings is 1. The molecule has 226 valence electrons. The molecule has 2 bridgehead atoms. The Bertz CT molecular complexity index is 1090. The van der Waals surface area contributed by atoms with E-state index in [0.29, 0.717) is 6.42 Å². The van der Waals surface area contributed by atoms with E-state index in [0.717, 1.165) is 18.5 Å². The molecule has 41 heavy (non-hydrogen) atoms. The van der Waals surface area contributed by atoms with Crippen molar-refractivity contribution in [2.45, 2.75) is 71.2 Å². The zero-order chi connectivity index (χ0) is 29.6. The van der Waals surface area contributed by atoms with Crippen molar-refractivity contribution in [2.75, 3.05) is 52.6 Å². The first-order valence-electron chi connectivity index (χ1n) is 14.1. The predicted molar refractivity (Wildman–Crippen MR) is 143 cm³/mol. The number of hydrogen-bond acceptors (Lipinski definition) is 11. The zero-order valence-electron chi connectivity index (χ0n) is 24.2. The van der Waals surface area contributed by atoms with Crippen molar-refractivity contribution in [2.24, 2.45) is 0 Å². The van der Waals surface area contributed by atoms with Crippen LogP contribution in [0.15, 0.2) is 24.3 Å². The second-order valence-electron chi connectivity index (χ2n) is 11.0. The Morgan fingerprint density at radius 3 is 1.90 bits per heavy atom. The summed E-state index contributed by atoms with van der Waals surface area (Å²) in [5, 5.41) is 0. The van der Waals surface area contributed by atoms with Gasteiger partial charge in [-0.05, 0) is 17.5 Å². The summed E-state index contributed by atoms with van der Waals surface area (Å²) in [5.74, 6) is -2.61. The number of hydrogen-bond donors (Lipinski definition) is 0. The van der Waals surface area contributed by atoms with Gasteiger partial charge >= 0.3 is 23.9 Å². The molecule has 0 radical (unpaired) electrons. The maximum absolute atomic E-state index is 12.0. The zero-order valence-corrected chi connectivity index (χ0v) is 24.2. The summed E-state index contributed by atoms with van der Waals surface area (Å²) < 4.78 is 34.6. The number of quaternary nitrogens is 1. The van der Waals surface area contributed by atoms with Crippen LogP contribution < -0.4 is 0 Å². The predicted octanol–water partition coefficient (Wildman–Crippen LogP) is 0.975. The van der Waals surface area contributed by atoms with Crippen LogP contribution in [-0.2, 0) is 60.4 Å². The fourth-order valence-corrected chi connectivity index (χ4v) is 5.79. The van der Waals surface area contributed by atoms with Crippen molar-refractivity contribution >= 4 is 23.9 Å². The van der Waals surface area contributed by atoms with Gasteiger partial charge in [-0.3, -0.25) is 19.2 Å².